The first kappa shape index (κ1) is 15.2. The van der Waals surface area contributed by atoms with Gasteiger partial charge < -0.3 is 4.57 Å². The number of likely N-dealkylation sites (tertiary alicyclic amines) is 1. The molecule has 3 nitrogen and oxygen atoms in total. The molecule has 4 heteroatoms. The molecule has 1 aliphatic heterocycles. The maximum absolute atomic E-state index is 6.12. The molecule has 0 N–H and O–H groups in total. The highest BCUT2D eigenvalue weighted by atomic mass is 35.5. The number of hydrogen-bond donors (Lipinski definition) is 0. The Morgan fingerprint density at radius 1 is 1.22 bits per heavy atom. The third-order valence-corrected chi connectivity index (χ3v) is 5.30. The van der Waals surface area contributed by atoms with Gasteiger partial charge in [0.05, 0.1) is 0 Å². The SMILES string of the molecule is Clc1cccc(CN2CCC[C@@H](c3nccn3CC3CC3)C2)c1. The molecule has 0 spiro atoms. The minimum Gasteiger partial charge on any atom is -0.334 e. The van der Waals surface area contributed by atoms with Crippen molar-refractivity contribution in [2.24, 2.45) is 5.92 Å². The first-order valence-electron chi connectivity index (χ1n) is 8.76. The van der Waals surface area contributed by atoms with Gasteiger partial charge in [-0.05, 0) is 55.8 Å². The molecule has 1 saturated heterocycles. The van der Waals surface area contributed by atoms with Gasteiger partial charge >= 0.3 is 0 Å². The molecule has 4 rings (SSSR count). The van der Waals surface area contributed by atoms with Gasteiger partial charge in [-0.1, -0.05) is 23.7 Å². The van der Waals surface area contributed by atoms with Gasteiger partial charge in [0.2, 0.25) is 0 Å². The monoisotopic (exact) mass is 329 g/mol. The van der Waals surface area contributed by atoms with Crippen molar-refractivity contribution < 1.29 is 0 Å². The summed E-state index contributed by atoms with van der Waals surface area (Å²) in [7, 11) is 0. The van der Waals surface area contributed by atoms with Crippen molar-refractivity contribution in [2.45, 2.75) is 44.7 Å². The molecule has 122 valence electrons. The van der Waals surface area contributed by atoms with Gasteiger partial charge in [0, 0.05) is 43.0 Å². The van der Waals surface area contributed by atoms with Crippen LogP contribution in [0.4, 0.5) is 0 Å². The van der Waals surface area contributed by atoms with E-state index in [4.69, 9.17) is 16.6 Å². The maximum Gasteiger partial charge on any atom is 0.113 e. The third kappa shape index (κ3) is 3.78. The van der Waals surface area contributed by atoms with Gasteiger partial charge in [-0.15, -0.1) is 0 Å². The van der Waals surface area contributed by atoms with Gasteiger partial charge in [-0.25, -0.2) is 4.98 Å². The van der Waals surface area contributed by atoms with Gasteiger partial charge in [0.1, 0.15) is 5.82 Å². The molecule has 1 aromatic carbocycles. The predicted molar refractivity (Wildman–Crippen MR) is 93.7 cm³/mol. The summed E-state index contributed by atoms with van der Waals surface area (Å²) in [6.07, 6.45) is 9.44. The van der Waals surface area contributed by atoms with Crippen molar-refractivity contribution >= 4 is 11.6 Å². The summed E-state index contributed by atoms with van der Waals surface area (Å²) >= 11 is 6.12. The Kier molecular flexibility index (Phi) is 4.41. The zero-order valence-corrected chi connectivity index (χ0v) is 14.3. The predicted octanol–water partition coefficient (Wildman–Crippen LogP) is 4.33. The lowest BCUT2D eigenvalue weighted by atomic mass is 9.96. The number of benzene rings is 1. The Hall–Kier alpha value is -1.32. The van der Waals surface area contributed by atoms with Crippen molar-refractivity contribution in [1.29, 1.82) is 0 Å². The highest BCUT2D eigenvalue weighted by Crippen LogP contribution is 2.33. The number of halogens is 1. The van der Waals surface area contributed by atoms with E-state index in [9.17, 15) is 0 Å². The Labute approximate surface area is 143 Å². The van der Waals surface area contributed by atoms with Crippen molar-refractivity contribution in [3.8, 4) is 0 Å². The standard InChI is InChI=1S/C19H24ClN3/c20-18-5-1-3-16(11-18)12-22-9-2-4-17(14-22)19-21-8-10-23(19)13-15-6-7-15/h1,3,5,8,10-11,15,17H,2,4,6-7,9,12-14H2/t17-/m1/s1. The number of nitrogens with zero attached hydrogens (tertiary/aromatic N) is 3. The topological polar surface area (TPSA) is 21.1 Å². The molecule has 23 heavy (non-hydrogen) atoms. The van der Waals surface area contributed by atoms with Crippen molar-refractivity contribution in [1.82, 2.24) is 14.5 Å². The van der Waals surface area contributed by atoms with Crippen LogP contribution in [0.15, 0.2) is 36.7 Å². The molecule has 0 bridgehead atoms. The fourth-order valence-corrected chi connectivity index (χ4v) is 3.93. The molecule has 0 unspecified atom stereocenters. The highest BCUT2D eigenvalue weighted by molar-refractivity contribution is 6.30. The van der Waals surface area contributed by atoms with E-state index in [1.165, 1.54) is 50.2 Å². The van der Waals surface area contributed by atoms with Crippen LogP contribution in [0.1, 0.15) is 43.0 Å². The molecular formula is C19H24ClN3. The van der Waals surface area contributed by atoms with Crippen molar-refractivity contribution in [3.63, 3.8) is 0 Å². The lowest BCUT2D eigenvalue weighted by Crippen LogP contribution is -2.35. The molecule has 2 aromatic rings. The number of aromatic nitrogens is 2. The summed E-state index contributed by atoms with van der Waals surface area (Å²) in [5, 5.41) is 0.830. The van der Waals surface area contributed by atoms with Crippen LogP contribution in [0.25, 0.3) is 0 Å². The van der Waals surface area contributed by atoms with E-state index in [0.717, 1.165) is 24.0 Å². The van der Waals surface area contributed by atoms with E-state index in [2.05, 4.69) is 27.8 Å². The van der Waals surface area contributed by atoms with E-state index in [-0.39, 0.29) is 0 Å². The average molecular weight is 330 g/mol. The van der Waals surface area contributed by atoms with Crippen LogP contribution in [0.2, 0.25) is 5.02 Å². The molecule has 2 heterocycles. The lowest BCUT2D eigenvalue weighted by Gasteiger charge is -2.32. The van der Waals surface area contributed by atoms with E-state index < -0.39 is 0 Å². The molecule has 1 saturated carbocycles. The molecule has 1 aromatic heterocycles. The molecule has 1 aliphatic carbocycles. The van der Waals surface area contributed by atoms with E-state index in [1.807, 2.05) is 18.3 Å². The number of rotatable bonds is 5. The molecular weight excluding hydrogens is 306 g/mol. The van der Waals surface area contributed by atoms with Crippen LogP contribution < -0.4 is 0 Å². The third-order valence-electron chi connectivity index (χ3n) is 5.07. The quantitative estimate of drug-likeness (QED) is 0.814. The van der Waals surface area contributed by atoms with E-state index in [1.54, 1.807) is 0 Å². The lowest BCUT2D eigenvalue weighted by molar-refractivity contribution is 0.194. The summed E-state index contributed by atoms with van der Waals surface area (Å²) in [4.78, 5) is 7.24. The van der Waals surface area contributed by atoms with Crippen LogP contribution >= 0.6 is 11.6 Å². The minimum atomic E-state index is 0.566. The summed E-state index contributed by atoms with van der Waals surface area (Å²) in [5.74, 6) is 2.76. The van der Waals surface area contributed by atoms with Gasteiger partial charge in [0.15, 0.2) is 0 Å². The second kappa shape index (κ2) is 6.66. The van der Waals surface area contributed by atoms with Crippen LogP contribution in [0, 0.1) is 5.92 Å². The molecule has 1 atom stereocenters. The molecule has 2 aliphatic rings. The summed E-state index contributed by atoms with van der Waals surface area (Å²) in [6, 6.07) is 8.24. The maximum atomic E-state index is 6.12. The largest absolute Gasteiger partial charge is 0.334 e. The number of piperidine rings is 1. The fraction of sp³-hybridized carbons (Fsp3) is 0.526. The zero-order valence-electron chi connectivity index (χ0n) is 13.5. The smallest absolute Gasteiger partial charge is 0.113 e. The van der Waals surface area contributed by atoms with E-state index >= 15 is 0 Å². The van der Waals surface area contributed by atoms with E-state index in [0.29, 0.717) is 5.92 Å². The van der Waals surface area contributed by atoms with Crippen LogP contribution in [0.5, 0.6) is 0 Å². The fourth-order valence-electron chi connectivity index (χ4n) is 3.72. The first-order chi connectivity index (χ1) is 11.3. The van der Waals surface area contributed by atoms with Crippen molar-refractivity contribution in [3.05, 3.63) is 53.1 Å². The Bertz CT molecular complexity index is 662. The van der Waals surface area contributed by atoms with Gasteiger partial charge in [-0.3, -0.25) is 4.90 Å². The Morgan fingerprint density at radius 3 is 2.96 bits per heavy atom. The first-order valence-corrected chi connectivity index (χ1v) is 9.13. The second-order valence-corrected chi connectivity index (χ2v) is 7.52. The summed E-state index contributed by atoms with van der Waals surface area (Å²) in [6.45, 7) is 4.43. The zero-order chi connectivity index (χ0) is 15.6. The van der Waals surface area contributed by atoms with Gasteiger partial charge in [-0.2, -0.15) is 0 Å². The number of hydrogen-bond acceptors (Lipinski definition) is 2. The Balaban J connectivity index is 1.43. The Morgan fingerprint density at radius 2 is 2.13 bits per heavy atom. The number of imidazole rings is 1. The summed E-state index contributed by atoms with van der Waals surface area (Å²) < 4.78 is 2.41. The molecule has 2 fully saturated rings. The minimum absolute atomic E-state index is 0.566. The molecule has 0 amide bonds. The molecule has 0 radical (unpaired) electrons. The van der Waals surface area contributed by atoms with Crippen LogP contribution in [0.3, 0.4) is 0 Å². The van der Waals surface area contributed by atoms with Crippen LogP contribution in [-0.2, 0) is 13.1 Å². The summed E-state index contributed by atoms with van der Waals surface area (Å²) in [5.41, 5.74) is 1.31. The average Bonchev–Trinajstić information content (AvgIpc) is 3.23. The van der Waals surface area contributed by atoms with Gasteiger partial charge in [0.25, 0.3) is 0 Å². The normalized spacial score (nSPS) is 22.4. The highest BCUT2D eigenvalue weighted by Gasteiger charge is 2.27. The second-order valence-electron chi connectivity index (χ2n) is 7.09. The van der Waals surface area contributed by atoms with Crippen LogP contribution in [-0.4, -0.2) is 27.5 Å². The van der Waals surface area contributed by atoms with Crippen molar-refractivity contribution in [2.75, 3.05) is 13.1 Å².